The number of fused-ring (bicyclic) bond motifs is 2. The summed E-state index contributed by atoms with van der Waals surface area (Å²) in [6.45, 7) is 3.02. The fourth-order valence-corrected chi connectivity index (χ4v) is 5.65. The van der Waals surface area contributed by atoms with E-state index in [-0.39, 0.29) is 10.8 Å². The second-order valence-electron chi connectivity index (χ2n) is 7.27. The molecule has 0 radical (unpaired) electrons. The lowest BCUT2D eigenvalue weighted by Crippen LogP contribution is -2.13. The summed E-state index contributed by atoms with van der Waals surface area (Å²) in [5, 5.41) is 12.3. The maximum absolute atomic E-state index is 12.9. The molecule has 1 aliphatic heterocycles. The van der Waals surface area contributed by atoms with E-state index in [1.165, 1.54) is 24.2 Å². The van der Waals surface area contributed by atoms with Crippen molar-refractivity contribution >= 4 is 33.3 Å². The van der Waals surface area contributed by atoms with Gasteiger partial charge in [0.2, 0.25) is 0 Å². The number of hydrogen-bond donors (Lipinski definition) is 1. The van der Waals surface area contributed by atoms with Crippen molar-refractivity contribution in [3.63, 3.8) is 0 Å². The van der Waals surface area contributed by atoms with Crippen molar-refractivity contribution < 1.29 is 0 Å². The summed E-state index contributed by atoms with van der Waals surface area (Å²) in [4.78, 5) is 21.5. The number of aryl methyl sites for hydroxylation is 1. The molecule has 29 heavy (non-hydrogen) atoms. The van der Waals surface area contributed by atoms with Crippen LogP contribution in [-0.2, 0) is 13.0 Å². The highest BCUT2D eigenvalue weighted by Gasteiger charge is 2.21. The minimum Gasteiger partial charge on any atom is -0.309 e. The Morgan fingerprint density at radius 2 is 2.03 bits per heavy atom. The van der Waals surface area contributed by atoms with Crippen molar-refractivity contribution in [1.29, 1.82) is 0 Å². The first-order valence-corrected chi connectivity index (χ1v) is 11.6. The van der Waals surface area contributed by atoms with Crippen LogP contribution in [0.5, 0.6) is 0 Å². The van der Waals surface area contributed by atoms with E-state index in [0.717, 1.165) is 46.3 Å². The Kier molecular flexibility index (Phi) is 4.97. The summed E-state index contributed by atoms with van der Waals surface area (Å²) in [5.74, 6) is 1.75. The van der Waals surface area contributed by atoms with Crippen LogP contribution in [0.15, 0.2) is 45.7 Å². The van der Waals surface area contributed by atoms with Crippen LogP contribution in [0, 0.1) is 0 Å². The number of hydrogen-bond acceptors (Lipinski definition) is 6. The van der Waals surface area contributed by atoms with Crippen LogP contribution in [0.2, 0.25) is 0 Å². The van der Waals surface area contributed by atoms with Crippen LogP contribution in [0.4, 0.5) is 0 Å². The standard InChI is InChI=1S/C21H21N5OS2/c1-13(29-21-25-24-16-10-6-3-7-11-26(16)21)18-22-19(27)17-15(12-28-20(17)23-18)14-8-4-2-5-9-14/h2,4-5,8-9,12-13H,3,6-7,10-11H2,1H3,(H,22,23,27)/t13-/m0/s1. The van der Waals surface area contributed by atoms with Crippen LogP contribution in [0.25, 0.3) is 21.3 Å². The van der Waals surface area contributed by atoms with Crippen LogP contribution < -0.4 is 5.56 Å². The zero-order valence-electron chi connectivity index (χ0n) is 16.1. The number of nitrogens with zero attached hydrogens (tertiary/aromatic N) is 4. The summed E-state index contributed by atoms with van der Waals surface area (Å²) in [5.41, 5.74) is 1.89. The maximum Gasteiger partial charge on any atom is 0.260 e. The second kappa shape index (κ2) is 7.76. The van der Waals surface area contributed by atoms with Gasteiger partial charge < -0.3 is 9.55 Å². The van der Waals surface area contributed by atoms with Crippen LogP contribution >= 0.6 is 23.1 Å². The summed E-state index contributed by atoms with van der Waals surface area (Å²) < 4.78 is 2.23. The number of aromatic nitrogens is 5. The van der Waals surface area contributed by atoms with Gasteiger partial charge in [0.25, 0.3) is 5.56 Å². The Labute approximate surface area is 176 Å². The predicted molar refractivity (Wildman–Crippen MR) is 118 cm³/mol. The van der Waals surface area contributed by atoms with Gasteiger partial charge in [0.15, 0.2) is 5.16 Å². The van der Waals surface area contributed by atoms with Gasteiger partial charge in [-0.15, -0.1) is 21.5 Å². The van der Waals surface area contributed by atoms with Crippen LogP contribution in [0.1, 0.15) is 43.1 Å². The van der Waals surface area contributed by atoms with Crippen molar-refractivity contribution in [3.8, 4) is 11.1 Å². The monoisotopic (exact) mass is 423 g/mol. The average molecular weight is 424 g/mol. The Morgan fingerprint density at radius 1 is 1.17 bits per heavy atom. The third kappa shape index (κ3) is 3.51. The average Bonchev–Trinajstić information content (AvgIpc) is 3.25. The molecule has 5 rings (SSSR count). The number of benzene rings is 1. The summed E-state index contributed by atoms with van der Waals surface area (Å²) in [6, 6.07) is 9.97. The quantitative estimate of drug-likeness (QED) is 0.476. The van der Waals surface area contributed by atoms with Crippen molar-refractivity contribution in [2.24, 2.45) is 0 Å². The Hall–Kier alpha value is -2.45. The van der Waals surface area contributed by atoms with Gasteiger partial charge in [0.05, 0.1) is 10.6 Å². The van der Waals surface area contributed by atoms with E-state index in [2.05, 4.69) is 26.7 Å². The molecule has 4 heterocycles. The fourth-order valence-electron chi connectivity index (χ4n) is 3.75. The van der Waals surface area contributed by atoms with E-state index in [4.69, 9.17) is 4.98 Å². The number of aromatic amines is 1. The summed E-state index contributed by atoms with van der Waals surface area (Å²) in [7, 11) is 0. The molecule has 0 unspecified atom stereocenters. The number of thiophene rings is 1. The third-order valence-electron chi connectivity index (χ3n) is 5.29. The molecule has 0 aliphatic carbocycles. The van der Waals surface area contributed by atoms with Crippen molar-refractivity contribution in [2.75, 3.05) is 0 Å². The highest BCUT2D eigenvalue weighted by atomic mass is 32.2. The van der Waals surface area contributed by atoms with E-state index in [1.807, 2.05) is 35.7 Å². The van der Waals surface area contributed by atoms with E-state index in [9.17, 15) is 4.79 Å². The second-order valence-corrected chi connectivity index (χ2v) is 9.43. The zero-order valence-corrected chi connectivity index (χ0v) is 17.7. The third-order valence-corrected chi connectivity index (χ3v) is 7.25. The van der Waals surface area contributed by atoms with Crippen molar-refractivity contribution in [3.05, 3.63) is 57.7 Å². The molecule has 1 atom stereocenters. The highest BCUT2D eigenvalue weighted by molar-refractivity contribution is 7.99. The lowest BCUT2D eigenvalue weighted by molar-refractivity contribution is 0.590. The molecule has 1 aromatic carbocycles. The Morgan fingerprint density at radius 3 is 2.90 bits per heavy atom. The van der Waals surface area contributed by atoms with Crippen molar-refractivity contribution in [1.82, 2.24) is 24.7 Å². The van der Waals surface area contributed by atoms with E-state index in [1.54, 1.807) is 11.8 Å². The highest BCUT2D eigenvalue weighted by Crippen LogP contribution is 2.35. The summed E-state index contributed by atoms with van der Waals surface area (Å²) in [6.07, 6.45) is 4.55. The maximum atomic E-state index is 12.9. The van der Waals surface area contributed by atoms with E-state index < -0.39 is 0 Å². The van der Waals surface area contributed by atoms with Crippen LogP contribution in [0.3, 0.4) is 0 Å². The molecule has 0 saturated carbocycles. The van der Waals surface area contributed by atoms with Gasteiger partial charge in [-0.25, -0.2) is 4.98 Å². The topological polar surface area (TPSA) is 76.5 Å². The normalized spacial score (nSPS) is 15.2. The van der Waals surface area contributed by atoms with Crippen molar-refractivity contribution in [2.45, 2.75) is 49.6 Å². The molecule has 0 saturated heterocycles. The molecule has 0 fully saturated rings. The molecule has 0 amide bonds. The number of H-pyrrole nitrogens is 1. The first-order chi connectivity index (χ1) is 14.2. The first kappa shape index (κ1) is 18.6. The molecular formula is C21H21N5OS2. The molecule has 8 heteroatoms. The summed E-state index contributed by atoms with van der Waals surface area (Å²) >= 11 is 3.12. The Balaban J connectivity index is 1.47. The number of thioether (sulfide) groups is 1. The molecule has 1 aliphatic rings. The molecule has 0 bridgehead atoms. The Bertz CT molecular complexity index is 1210. The molecule has 6 nitrogen and oxygen atoms in total. The van der Waals surface area contributed by atoms with Gasteiger partial charge in [-0.2, -0.15) is 0 Å². The van der Waals surface area contributed by atoms with Gasteiger partial charge >= 0.3 is 0 Å². The predicted octanol–water partition coefficient (Wildman–Crippen LogP) is 4.82. The smallest absolute Gasteiger partial charge is 0.260 e. The first-order valence-electron chi connectivity index (χ1n) is 9.86. The van der Waals surface area contributed by atoms with Gasteiger partial charge in [0, 0.05) is 23.9 Å². The lowest BCUT2D eigenvalue weighted by atomic mass is 10.1. The number of nitrogens with one attached hydrogen (secondary N) is 1. The van der Waals surface area contributed by atoms with E-state index in [0.29, 0.717) is 11.2 Å². The molecule has 3 aromatic heterocycles. The molecule has 1 N–H and O–H groups in total. The molecule has 148 valence electrons. The minimum absolute atomic E-state index is 0.0223. The molecule has 4 aromatic rings. The zero-order chi connectivity index (χ0) is 19.8. The lowest BCUT2D eigenvalue weighted by Gasteiger charge is -2.11. The molecule has 0 spiro atoms. The minimum atomic E-state index is -0.0855. The fraction of sp³-hybridized carbons (Fsp3) is 0.333. The van der Waals surface area contributed by atoms with Gasteiger partial charge in [0.1, 0.15) is 16.5 Å². The van der Waals surface area contributed by atoms with Gasteiger partial charge in [-0.3, -0.25) is 4.79 Å². The van der Waals surface area contributed by atoms with Gasteiger partial charge in [-0.1, -0.05) is 48.5 Å². The largest absolute Gasteiger partial charge is 0.309 e. The number of rotatable bonds is 4. The van der Waals surface area contributed by atoms with E-state index >= 15 is 0 Å². The van der Waals surface area contributed by atoms with Crippen LogP contribution in [-0.4, -0.2) is 24.7 Å². The van der Waals surface area contributed by atoms with Gasteiger partial charge in [-0.05, 0) is 25.3 Å². The molecular weight excluding hydrogens is 402 g/mol. The SMILES string of the molecule is C[C@H](Sc1nnc2n1CCCCC2)c1nc2scc(-c3ccccc3)c2c(=O)[nH]1.